The molecule has 0 radical (unpaired) electrons. The molecule has 78 valence electrons. The maximum absolute atomic E-state index is 11.2. The molecule has 0 saturated carbocycles. The molecule has 0 aromatic carbocycles. The number of aromatic nitrogens is 2. The third-order valence-corrected chi connectivity index (χ3v) is 2.03. The van der Waals surface area contributed by atoms with Crippen molar-refractivity contribution in [1.29, 1.82) is 0 Å². The van der Waals surface area contributed by atoms with E-state index in [0.717, 1.165) is 19.6 Å². The molecule has 2 N–H and O–H groups in total. The van der Waals surface area contributed by atoms with Gasteiger partial charge in [-0.1, -0.05) is 6.92 Å². The molecule has 0 saturated heterocycles. The molecule has 0 bridgehead atoms. The summed E-state index contributed by atoms with van der Waals surface area (Å²) < 4.78 is 0. The highest BCUT2D eigenvalue weighted by atomic mass is 16.1. The van der Waals surface area contributed by atoms with E-state index in [0.29, 0.717) is 5.82 Å². The third kappa shape index (κ3) is 3.18. The lowest BCUT2D eigenvalue weighted by Crippen LogP contribution is -2.26. The van der Waals surface area contributed by atoms with Crippen molar-refractivity contribution < 1.29 is 0 Å². The van der Waals surface area contributed by atoms with Gasteiger partial charge in [-0.3, -0.25) is 4.79 Å². The summed E-state index contributed by atoms with van der Waals surface area (Å²) in [7, 11) is 2.03. The first-order valence-corrected chi connectivity index (χ1v) is 4.70. The molecule has 0 aliphatic heterocycles. The van der Waals surface area contributed by atoms with Crippen LogP contribution in [0.5, 0.6) is 0 Å². The molecule has 1 aromatic rings. The van der Waals surface area contributed by atoms with Crippen molar-refractivity contribution in [2.24, 2.45) is 0 Å². The van der Waals surface area contributed by atoms with Gasteiger partial charge in [0.1, 0.15) is 0 Å². The monoisotopic (exact) mass is 196 g/mol. The fourth-order valence-corrected chi connectivity index (χ4v) is 1.00. The molecular formula is C9H16N4O. The van der Waals surface area contributed by atoms with E-state index < -0.39 is 0 Å². The van der Waals surface area contributed by atoms with E-state index in [-0.39, 0.29) is 5.56 Å². The number of hydrogen-bond donors (Lipinski definition) is 2. The van der Waals surface area contributed by atoms with Crippen LogP contribution in [-0.4, -0.2) is 41.5 Å². The zero-order valence-corrected chi connectivity index (χ0v) is 8.58. The summed E-state index contributed by atoms with van der Waals surface area (Å²) in [6.07, 6.45) is 3.08. The smallest absolute Gasteiger partial charge is 0.290 e. The Bertz CT molecular complexity index is 323. The molecule has 0 fully saturated rings. The van der Waals surface area contributed by atoms with Crippen LogP contribution in [0.15, 0.2) is 17.2 Å². The molecule has 1 rings (SSSR count). The highest BCUT2D eigenvalue weighted by molar-refractivity contribution is 5.29. The molecule has 0 atom stereocenters. The second kappa shape index (κ2) is 5.39. The second-order valence-corrected chi connectivity index (χ2v) is 3.09. The predicted molar refractivity (Wildman–Crippen MR) is 56.5 cm³/mol. The highest BCUT2D eigenvalue weighted by Crippen LogP contribution is 1.89. The van der Waals surface area contributed by atoms with Crippen molar-refractivity contribution in [2.75, 3.05) is 32.0 Å². The fraction of sp³-hybridized carbons (Fsp3) is 0.556. The van der Waals surface area contributed by atoms with Crippen molar-refractivity contribution >= 4 is 5.82 Å². The molecule has 0 aliphatic carbocycles. The van der Waals surface area contributed by atoms with E-state index in [4.69, 9.17) is 0 Å². The number of H-pyrrole nitrogens is 1. The topological polar surface area (TPSA) is 61.0 Å². The van der Waals surface area contributed by atoms with Crippen LogP contribution in [0, 0.1) is 0 Å². The highest BCUT2D eigenvalue weighted by Gasteiger charge is 1.98. The van der Waals surface area contributed by atoms with Gasteiger partial charge in [0, 0.05) is 25.5 Å². The second-order valence-electron chi connectivity index (χ2n) is 3.09. The summed E-state index contributed by atoms with van der Waals surface area (Å²) >= 11 is 0. The van der Waals surface area contributed by atoms with Crippen LogP contribution in [0.3, 0.4) is 0 Å². The summed E-state index contributed by atoms with van der Waals surface area (Å²) in [6, 6.07) is 0. The zero-order valence-electron chi connectivity index (χ0n) is 8.58. The Kier molecular flexibility index (Phi) is 4.12. The van der Waals surface area contributed by atoms with E-state index in [9.17, 15) is 4.79 Å². The summed E-state index contributed by atoms with van der Waals surface area (Å²) in [4.78, 5) is 19.8. The first kappa shape index (κ1) is 10.7. The first-order valence-electron chi connectivity index (χ1n) is 4.70. The average molecular weight is 196 g/mol. The van der Waals surface area contributed by atoms with Crippen LogP contribution in [-0.2, 0) is 0 Å². The number of anilines is 1. The third-order valence-electron chi connectivity index (χ3n) is 2.03. The summed E-state index contributed by atoms with van der Waals surface area (Å²) in [5, 5.41) is 2.98. The predicted octanol–water partition coefficient (Wildman–Crippen LogP) is 0.133. The largest absolute Gasteiger partial charge is 0.364 e. The quantitative estimate of drug-likeness (QED) is 0.703. The molecule has 0 unspecified atom stereocenters. The van der Waals surface area contributed by atoms with Crippen molar-refractivity contribution in [1.82, 2.24) is 14.9 Å². The van der Waals surface area contributed by atoms with Crippen molar-refractivity contribution in [3.8, 4) is 0 Å². The molecule has 14 heavy (non-hydrogen) atoms. The van der Waals surface area contributed by atoms with Gasteiger partial charge < -0.3 is 15.2 Å². The van der Waals surface area contributed by atoms with E-state index in [2.05, 4.69) is 27.1 Å². The van der Waals surface area contributed by atoms with Crippen molar-refractivity contribution in [3.63, 3.8) is 0 Å². The molecule has 1 heterocycles. The molecular weight excluding hydrogens is 180 g/mol. The van der Waals surface area contributed by atoms with Crippen molar-refractivity contribution in [3.05, 3.63) is 22.7 Å². The van der Waals surface area contributed by atoms with E-state index in [1.165, 1.54) is 6.20 Å². The van der Waals surface area contributed by atoms with Gasteiger partial charge in [0.25, 0.3) is 5.56 Å². The van der Waals surface area contributed by atoms with Gasteiger partial charge in [-0.25, -0.2) is 4.98 Å². The van der Waals surface area contributed by atoms with Gasteiger partial charge in [0.15, 0.2) is 5.82 Å². The minimum absolute atomic E-state index is 0.174. The number of aromatic amines is 1. The standard InChI is InChI=1S/C9H16N4O/c1-3-13(2)7-6-11-8-9(14)12-5-4-10-8/h4-5H,3,6-7H2,1-2H3,(H,10,11)(H,12,14). The average Bonchev–Trinajstić information content (AvgIpc) is 2.20. The zero-order chi connectivity index (χ0) is 10.4. The molecule has 0 amide bonds. The lowest BCUT2D eigenvalue weighted by molar-refractivity contribution is 0.367. The van der Waals surface area contributed by atoms with Crippen LogP contribution >= 0.6 is 0 Å². The Morgan fingerprint density at radius 1 is 1.64 bits per heavy atom. The summed E-state index contributed by atoms with van der Waals surface area (Å²) in [6.45, 7) is 4.71. The number of nitrogens with one attached hydrogen (secondary N) is 2. The van der Waals surface area contributed by atoms with Gasteiger partial charge in [-0.2, -0.15) is 0 Å². The Labute approximate surface area is 83.2 Å². The molecule has 5 heteroatoms. The normalized spacial score (nSPS) is 10.5. The molecule has 0 aliphatic rings. The summed E-state index contributed by atoms with van der Waals surface area (Å²) in [5.41, 5.74) is -0.174. The first-order chi connectivity index (χ1) is 6.74. The van der Waals surface area contributed by atoms with Gasteiger partial charge in [-0.05, 0) is 13.6 Å². The SMILES string of the molecule is CCN(C)CCNc1ncc[nH]c1=O. The number of hydrogen-bond acceptors (Lipinski definition) is 4. The minimum atomic E-state index is -0.174. The van der Waals surface area contributed by atoms with E-state index in [1.807, 2.05) is 7.05 Å². The van der Waals surface area contributed by atoms with E-state index in [1.54, 1.807) is 6.20 Å². The number of rotatable bonds is 5. The minimum Gasteiger partial charge on any atom is -0.364 e. The molecule has 0 spiro atoms. The Hall–Kier alpha value is -1.36. The fourth-order valence-electron chi connectivity index (χ4n) is 1.00. The van der Waals surface area contributed by atoms with Gasteiger partial charge >= 0.3 is 0 Å². The van der Waals surface area contributed by atoms with Crippen LogP contribution in [0.4, 0.5) is 5.82 Å². The lowest BCUT2D eigenvalue weighted by atomic mass is 10.5. The van der Waals surface area contributed by atoms with Gasteiger partial charge in [-0.15, -0.1) is 0 Å². The van der Waals surface area contributed by atoms with Crippen LogP contribution < -0.4 is 10.9 Å². The lowest BCUT2D eigenvalue weighted by Gasteiger charge is -2.13. The van der Waals surface area contributed by atoms with Gasteiger partial charge in [0.05, 0.1) is 0 Å². The van der Waals surface area contributed by atoms with Crippen LogP contribution in [0.1, 0.15) is 6.92 Å². The maximum atomic E-state index is 11.2. The maximum Gasteiger partial charge on any atom is 0.290 e. The Morgan fingerprint density at radius 2 is 2.43 bits per heavy atom. The number of nitrogens with zero attached hydrogens (tertiary/aromatic N) is 2. The Morgan fingerprint density at radius 3 is 3.07 bits per heavy atom. The van der Waals surface area contributed by atoms with Crippen LogP contribution in [0.25, 0.3) is 0 Å². The van der Waals surface area contributed by atoms with Gasteiger partial charge in [0.2, 0.25) is 0 Å². The molecule has 5 nitrogen and oxygen atoms in total. The molecule has 1 aromatic heterocycles. The number of likely N-dealkylation sites (N-methyl/N-ethyl adjacent to an activating group) is 1. The van der Waals surface area contributed by atoms with Crippen molar-refractivity contribution in [2.45, 2.75) is 6.92 Å². The van der Waals surface area contributed by atoms with E-state index >= 15 is 0 Å². The Balaban J connectivity index is 2.39. The summed E-state index contributed by atoms with van der Waals surface area (Å²) in [5.74, 6) is 0.386. The van der Waals surface area contributed by atoms with Crippen LogP contribution in [0.2, 0.25) is 0 Å².